The van der Waals surface area contributed by atoms with E-state index in [0.717, 1.165) is 16.8 Å². The summed E-state index contributed by atoms with van der Waals surface area (Å²) in [5.41, 5.74) is 3.84. The molecule has 0 aliphatic heterocycles. The third-order valence-electron chi connectivity index (χ3n) is 5.21. The third kappa shape index (κ3) is 6.99. The Hall–Kier alpha value is -3.52. The van der Waals surface area contributed by atoms with Crippen LogP contribution >= 0.6 is 11.3 Å². The maximum atomic E-state index is 12.7. The van der Waals surface area contributed by atoms with Gasteiger partial charge in [0.2, 0.25) is 5.91 Å². The first-order valence-electron chi connectivity index (χ1n) is 11.1. The smallest absolute Gasteiger partial charge is 0.329 e. The van der Waals surface area contributed by atoms with Crippen molar-refractivity contribution < 1.29 is 19.1 Å². The minimum absolute atomic E-state index is 0.0294. The van der Waals surface area contributed by atoms with E-state index in [0.29, 0.717) is 16.3 Å². The summed E-state index contributed by atoms with van der Waals surface area (Å²) >= 11 is 1.34. The van der Waals surface area contributed by atoms with Crippen LogP contribution in [0.4, 0.5) is 5.69 Å². The second-order valence-corrected chi connectivity index (χ2v) is 9.38. The van der Waals surface area contributed by atoms with Gasteiger partial charge in [0.05, 0.1) is 12.1 Å². The summed E-state index contributed by atoms with van der Waals surface area (Å²) in [5.74, 6) is -1.17. The molecule has 1 atom stereocenters. The highest BCUT2D eigenvalue weighted by molar-refractivity contribution is 7.09. The summed E-state index contributed by atoms with van der Waals surface area (Å²) in [6.45, 7) is 7.53. The molecule has 3 aromatic rings. The molecule has 0 saturated heterocycles. The van der Waals surface area contributed by atoms with Crippen LogP contribution in [0.15, 0.2) is 53.9 Å². The average molecular weight is 480 g/mol. The maximum Gasteiger partial charge on any atom is 0.329 e. The van der Waals surface area contributed by atoms with Crippen LogP contribution in [0.1, 0.15) is 46.0 Å². The SMILES string of the molecule is Cc1ccc(C(=O)N[C@H](C(=O)OCc2csc(CC(=O)Nc3ccccc3C)n2)C(C)C)cc1. The van der Waals surface area contributed by atoms with Gasteiger partial charge in [0.25, 0.3) is 5.91 Å². The number of thiazole rings is 1. The second-order valence-electron chi connectivity index (χ2n) is 8.44. The number of hydrogen-bond donors (Lipinski definition) is 2. The number of esters is 1. The zero-order chi connectivity index (χ0) is 24.7. The molecule has 3 rings (SSSR count). The highest BCUT2D eigenvalue weighted by Gasteiger charge is 2.26. The molecule has 8 heteroatoms. The van der Waals surface area contributed by atoms with Crippen molar-refractivity contribution in [1.82, 2.24) is 10.3 Å². The Morgan fingerprint density at radius 2 is 1.74 bits per heavy atom. The van der Waals surface area contributed by atoms with E-state index in [1.807, 2.05) is 64.1 Å². The number of aromatic nitrogens is 1. The molecule has 0 radical (unpaired) electrons. The molecule has 7 nitrogen and oxygen atoms in total. The van der Waals surface area contributed by atoms with Crippen LogP contribution in [0.5, 0.6) is 0 Å². The van der Waals surface area contributed by atoms with Gasteiger partial charge in [-0.2, -0.15) is 0 Å². The third-order valence-corrected chi connectivity index (χ3v) is 6.11. The number of hydrogen-bond acceptors (Lipinski definition) is 6. The van der Waals surface area contributed by atoms with E-state index in [-0.39, 0.29) is 30.8 Å². The summed E-state index contributed by atoms with van der Waals surface area (Å²) in [4.78, 5) is 42.0. The van der Waals surface area contributed by atoms with Crippen LogP contribution in [0.2, 0.25) is 0 Å². The molecule has 0 aliphatic rings. The molecule has 178 valence electrons. The molecular weight excluding hydrogens is 450 g/mol. The molecule has 0 saturated carbocycles. The van der Waals surface area contributed by atoms with Gasteiger partial charge in [0.15, 0.2) is 0 Å². The lowest BCUT2D eigenvalue weighted by Crippen LogP contribution is -2.45. The Bertz CT molecular complexity index is 1150. The van der Waals surface area contributed by atoms with E-state index in [2.05, 4.69) is 15.6 Å². The number of amides is 2. The van der Waals surface area contributed by atoms with Crippen LogP contribution in [0, 0.1) is 19.8 Å². The molecule has 34 heavy (non-hydrogen) atoms. The number of benzene rings is 2. The van der Waals surface area contributed by atoms with Gasteiger partial charge in [0, 0.05) is 16.6 Å². The first-order valence-corrected chi connectivity index (χ1v) is 11.9. The van der Waals surface area contributed by atoms with E-state index in [1.54, 1.807) is 17.5 Å². The predicted molar refractivity (Wildman–Crippen MR) is 133 cm³/mol. The van der Waals surface area contributed by atoms with Crippen LogP contribution in [0.3, 0.4) is 0 Å². The molecule has 1 aromatic heterocycles. The van der Waals surface area contributed by atoms with Crippen molar-refractivity contribution in [3.05, 3.63) is 81.3 Å². The topological polar surface area (TPSA) is 97.4 Å². The summed E-state index contributed by atoms with van der Waals surface area (Å²) in [5, 5.41) is 8.04. The van der Waals surface area contributed by atoms with E-state index in [4.69, 9.17) is 4.74 Å². The summed E-state index contributed by atoms with van der Waals surface area (Å²) in [7, 11) is 0. The fourth-order valence-corrected chi connectivity index (χ4v) is 3.98. The minimum atomic E-state index is -0.785. The number of nitrogens with zero attached hydrogens (tertiary/aromatic N) is 1. The highest BCUT2D eigenvalue weighted by atomic mass is 32.1. The van der Waals surface area contributed by atoms with Crippen LogP contribution in [0.25, 0.3) is 0 Å². The van der Waals surface area contributed by atoms with Crippen molar-refractivity contribution in [2.45, 2.75) is 46.8 Å². The lowest BCUT2D eigenvalue weighted by molar-refractivity contribution is -0.148. The molecule has 2 aromatic carbocycles. The largest absolute Gasteiger partial charge is 0.458 e. The van der Waals surface area contributed by atoms with Crippen molar-refractivity contribution in [1.29, 1.82) is 0 Å². The molecule has 1 heterocycles. The standard InChI is InChI=1S/C26H29N3O4S/c1-16(2)24(29-25(31)19-11-9-17(3)10-12-19)26(32)33-14-20-15-34-23(27-20)13-22(30)28-21-8-6-5-7-18(21)4/h5-12,15-16,24H,13-14H2,1-4H3,(H,28,30)(H,29,31)/t24-/m0/s1. The Kier molecular flexibility index (Phi) is 8.54. The van der Waals surface area contributed by atoms with Crippen LogP contribution in [-0.4, -0.2) is 28.8 Å². The number of ether oxygens (including phenoxy) is 1. The average Bonchev–Trinajstić information content (AvgIpc) is 3.24. The highest BCUT2D eigenvalue weighted by Crippen LogP contribution is 2.16. The monoisotopic (exact) mass is 479 g/mol. The Morgan fingerprint density at radius 3 is 2.41 bits per heavy atom. The van der Waals surface area contributed by atoms with E-state index >= 15 is 0 Å². The molecule has 0 spiro atoms. The van der Waals surface area contributed by atoms with E-state index in [9.17, 15) is 14.4 Å². The number of rotatable bonds is 9. The molecule has 0 unspecified atom stereocenters. The minimum Gasteiger partial charge on any atom is -0.458 e. The lowest BCUT2D eigenvalue weighted by atomic mass is 10.0. The molecule has 0 aliphatic carbocycles. The van der Waals surface area contributed by atoms with Crippen LogP contribution < -0.4 is 10.6 Å². The summed E-state index contributed by atoms with van der Waals surface area (Å²) in [6.07, 6.45) is 0.133. The fraction of sp³-hybridized carbons (Fsp3) is 0.308. The van der Waals surface area contributed by atoms with Crippen molar-refractivity contribution in [2.75, 3.05) is 5.32 Å². The Balaban J connectivity index is 1.53. The molecule has 0 fully saturated rings. The number of aryl methyl sites for hydroxylation is 2. The van der Waals surface area contributed by atoms with Gasteiger partial charge in [-0.3, -0.25) is 9.59 Å². The summed E-state index contributed by atoms with van der Waals surface area (Å²) < 4.78 is 5.43. The van der Waals surface area contributed by atoms with E-state index in [1.165, 1.54) is 11.3 Å². The summed E-state index contributed by atoms with van der Waals surface area (Å²) in [6, 6.07) is 13.9. The van der Waals surface area contributed by atoms with Crippen molar-refractivity contribution in [3.8, 4) is 0 Å². The Labute approximate surface area is 203 Å². The van der Waals surface area contributed by atoms with Gasteiger partial charge in [-0.1, -0.05) is 49.7 Å². The fourth-order valence-electron chi connectivity index (χ4n) is 3.20. The first-order chi connectivity index (χ1) is 16.2. The van der Waals surface area contributed by atoms with Gasteiger partial charge in [-0.05, 0) is 43.5 Å². The van der Waals surface area contributed by atoms with Gasteiger partial charge in [0.1, 0.15) is 17.7 Å². The number of carbonyl (C=O) groups excluding carboxylic acids is 3. The van der Waals surface area contributed by atoms with Gasteiger partial charge >= 0.3 is 5.97 Å². The lowest BCUT2D eigenvalue weighted by Gasteiger charge is -2.20. The Morgan fingerprint density at radius 1 is 1.03 bits per heavy atom. The van der Waals surface area contributed by atoms with Crippen molar-refractivity contribution in [3.63, 3.8) is 0 Å². The molecule has 2 N–H and O–H groups in total. The van der Waals surface area contributed by atoms with Gasteiger partial charge < -0.3 is 15.4 Å². The number of nitrogens with one attached hydrogen (secondary N) is 2. The zero-order valence-corrected chi connectivity index (χ0v) is 20.6. The maximum absolute atomic E-state index is 12.7. The van der Waals surface area contributed by atoms with Gasteiger partial charge in [-0.25, -0.2) is 9.78 Å². The first kappa shape index (κ1) is 25.1. The number of anilines is 1. The molecular formula is C26H29N3O4S. The van der Waals surface area contributed by atoms with Crippen molar-refractivity contribution in [2.24, 2.45) is 5.92 Å². The molecule has 0 bridgehead atoms. The molecule has 2 amide bonds. The number of para-hydroxylation sites is 1. The normalized spacial score (nSPS) is 11.7. The van der Waals surface area contributed by atoms with Crippen LogP contribution in [-0.2, 0) is 27.4 Å². The number of carbonyl (C=O) groups is 3. The predicted octanol–water partition coefficient (Wildman–Crippen LogP) is 4.44. The quantitative estimate of drug-likeness (QED) is 0.442. The zero-order valence-electron chi connectivity index (χ0n) is 19.8. The van der Waals surface area contributed by atoms with E-state index < -0.39 is 12.0 Å². The van der Waals surface area contributed by atoms with Crippen molar-refractivity contribution >= 4 is 34.8 Å². The second kappa shape index (κ2) is 11.6. The van der Waals surface area contributed by atoms with Gasteiger partial charge in [-0.15, -0.1) is 11.3 Å².